The van der Waals surface area contributed by atoms with Crippen LogP contribution in [0.3, 0.4) is 0 Å². The van der Waals surface area contributed by atoms with E-state index in [2.05, 4.69) is 20.1 Å². The highest BCUT2D eigenvalue weighted by Crippen LogP contribution is 2.34. The molecule has 4 aromatic rings. The van der Waals surface area contributed by atoms with Gasteiger partial charge in [0.25, 0.3) is 0 Å². The van der Waals surface area contributed by atoms with E-state index < -0.39 is 47.7 Å². The van der Waals surface area contributed by atoms with E-state index in [1.54, 1.807) is 5.48 Å². The number of thiophene rings is 1. The number of aromatic nitrogens is 2. The molecule has 196 valence electrons. The van der Waals surface area contributed by atoms with E-state index in [1.807, 2.05) is 0 Å². The molecule has 0 unspecified atom stereocenters. The number of fused-ring (bicyclic) bond motifs is 1. The molecule has 0 fully saturated rings. The van der Waals surface area contributed by atoms with Gasteiger partial charge in [0.05, 0.1) is 23.9 Å². The number of carboxylic acid groups (broad SMARTS) is 1. The zero-order valence-corrected chi connectivity index (χ0v) is 19.9. The lowest BCUT2D eigenvalue weighted by atomic mass is 10.1. The number of hydroxylamine groups is 1. The van der Waals surface area contributed by atoms with Gasteiger partial charge in [0, 0.05) is 30.6 Å². The van der Waals surface area contributed by atoms with Crippen LogP contribution >= 0.6 is 11.3 Å². The normalized spacial score (nSPS) is 10.6. The van der Waals surface area contributed by atoms with Crippen LogP contribution in [0.4, 0.5) is 23.7 Å². The molecule has 3 N–H and O–H groups in total. The minimum Gasteiger partial charge on any atom is -0.493 e. The smallest absolute Gasteiger partial charge is 0.373 e. The minimum absolute atomic E-state index is 0.0811. The molecule has 0 aliphatic rings. The predicted molar refractivity (Wildman–Crippen MR) is 126 cm³/mol. The van der Waals surface area contributed by atoms with E-state index in [4.69, 9.17) is 14.6 Å². The molecule has 0 saturated heterocycles. The Labute approximate surface area is 214 Å². The summed E-state index contributed by atoms with van der Waals surface area (Å²) < 4.78 is 53.7. The Bertz CT molecular complexity index is 1560. The molecule has 0 radical (unpaired) electrons. The summed E-state index contributed by atoms with van der Waals surface area (Å²) in [5, 5.41) is 12.5. The highest BCUT2D eigenvalue weighted by molar-refractivity contribution is 7.12. The van der Waals surface area contributed by atoms with Gasteiger partial charge in [-0.3, -0.25) is 4.98 Å². The van der Waals surface area contributed by atoms with Crippen molar-refractivity contribution in [3.8, 4) is 11.5 Å². The zero-order valence-electron chi connectivity index (χ0n) is 19.1. The van der Waals surface area contributed by atoms with Crippen LogP contribution < -0.4 is 20.3 Å². The van der Waals surface area contributed by atoms with Crippen LogP contribution in [0.2, 0.25) is 0 Å². The van der Waals surface area contributed by atoms with Crippen molar-refractivity contribution in [2.45, 2.75) is 6.61 Å². The Balaban J connectivity index is 1.49. The molecule has 11 nitrogen and oxygen atoms in total. The van der Waals surface area contributed by atoms with Gasteiger partial charge in [0.15, 0.2) is 23.1 Å². The summed E-state index contributed by atoms with van der Waals surface area (Å²) in [4.78, 5) is 47.4. The van der Waals surface area contributed by atoms with Crippen LogP contribution in [0.25, 0.3) is 11.0 Å². The minimum atomic E-state index is -1.36. The molecule has 0 aliphatic carbocycles. The van der Waals surface area contributed by atoms with Crippen molar-refractivity contribution < 1.29 is 47.0 Å². The first-order valence-electron chi connectivity index (χ1n) is 10.4. The molecular weight excluding hydrogens is 533 g/mol. The van der Waals surface area contributed by atoms with Crippen molar-refractivity contribution in [3.05, 3.63) is 75.5 Å². The van der Waals surface area contributed by atoms with Gasteiger partial charge < -0.3 is 24.7 Å². The molecule has 0 spiro atoms. The largest absolute Gasteiger partial charge is 0.493 e. The topological polar surface area (TPSA) is 149 Å². The quantitative estimate of drug-likeness (QED) is 0.288. The van der Waals surface area contributed by atoms with Gasteiger partial charge in [-0.15, -0.1) is 11.3 Å². The van der Waals surface area contributed by atoms with E-state index >= 15 is 0 Å². The first-order chi connectivity index (χ1) is 18.2. The second kappa shape index (κ2) is 11.0. The van der Waals surface area contributed by atoms with Crippen LogP contribution in [0.15, 0.2) is 42.0 Å². The average molecular weight is 548 g/mol. The van der Waals surface area contributed by atoms with Crippen LogP contribution in [0.5, 0.6) is 11.5 Å². The number of benzene rings is 2. The lowest BCUT2D eigenvalue weighted by Crippen LogP contribution is -2.31. The fourth-order valence-electron chi connectivity index (χ4n) is 3.23. The molecule has 2 amide bonds. The number of halogens is 3. The van der Waals surface area contributed by atoms with Crippen LogP contribution in [0, 0.1) is 17.5 Å². The molecule has 38 heavy (non-hydrogen) atoms. The van der Waals surface area contributed by atoms with E-state index in [1.165, 1.54) is 30.9 Å². The van der Waals surface area contributed by atoms with Crippen molar-refractivity contribution in [1.82, 2.24) is 15.4 Å². The molecule has 0 saturated carbocycles. The first kappa shape index (κ1) is 26.2. The monoisotopic (exact) mass is 548 g/mol. The summed E-state index contributed by atoms with van der Waals surface area (Å²) in [6, 6.07) is 2.53. The first-order valence-corrected chi connectivity index (χ1v) is 11.2. The number of amides is 2. The number of carbonyl (C=O) groups excluding carboxylic acids is 2. The van der Waals surface area contributed by atoms with Crippen LogP contribution in [-0.2, 0) is 11.4 Å². The number of hydrogen-bond donors (Lipinski definition) is 3. The summed E-state index contributed by atoms with van der Waals surface area (Å²) in [6.07, 6.45) is 2.49. The molecule has 0 aliphatic heterocycles. The number of hydrogen-bond acceptors (Lipinski definition) is 9. The lowest BCUT2D eigenvalue weighted by Gasteiger charge is -2.15. The third kappa shape index (κ3) is 5.41. The maximum atomic E-state index is 14.6. The Kier molecular flexibility index (Phi) is 7.57. The molecule has 4 rings (SSSR count). The van der Waals surface area contributed by atoms with Gasteiger partial charge in [-0.2, -0.15) is 5.48 Å². The van der Waals surface area contributed by atoms with Gasteiger partial charge in [-0.1, -0.05) is 0 Å². The Morgan fingerprint density at radius 3 is 2.45 bits per heavy atom. The zero-order chi connectivity index (χ0) is 27.4. The second-order valence-electron chi connectivity index (χ2n) is 7.26. The SMILES string of the molecule is COc1cc(F)c(NC(=O)NOC(=O)c2sccc2C(=O)O)cc1OCc1c(F)cc(F)c2nccnc12. The molecule has 2 aromatic carbocycles. The predicted octanol–water partition coefficient (Wildman–Crippen LogP) is 4.29. The lowest BCUT2D eigenvalue weighted by molar-refractivity contribution is 0.0340. The van der Waals surface area contributed by atoms with Crippen LogP contribution in [-0.4, -0.2) is 40.2 Å². The molecule has 15 heteroatoms. The maximum absolute atomic E-state index is 14.6. The van der Waals surface area contributed by atoms with E-state index in [-0.39, 0.29) is 38.5 Å². The Morgan fingerprint density at radius 1 is 1.00 bits per heavy atom. The fourth-order valence-corrected chi connectivity index (χ4v) is 3.99. The number of ether oxygens (including phenoxy) is 2. The summed E-state index contributed by atoms with van der Waals surface area (Å²) in [7, 11) is 1.22. The van der Waals surface area contributed by atoms with Crippen molar-refractivity contribution in [1.29, 1.82) is 0 Å². The van der Waals surface area contributed by atoms with Gasteiger partial charge >= 0.3 is 18.0 Å². The highest BCUT2D eigenvalue weighted by Gasteiger charge is 2.22. The summed E-state index contributed by atoms with van der Waals surface area (Å²) in [6.45, 7) is -0.487. The third-order valence-electron chi connectivity index (χ3n) is 4.94. The number of nitrogens with zero attached hydrogens (tertiary/aromatic N) is 2. The Hall–Kier alpha value is -4.92. The number of urea groups is 1. The summed E-state index contributed by atoms with van der Waals surface area (Å²) >= 11 is 0.783. The Morgan fingerprint density at radius 2 is 1.74 bits per heavy atom. The van der Waals surface area contributed by atoms with Gasteiger partial charge in [0.1, 0.15) is 28.3 Å². The number of carbonyl (C=O) groups is 3. The molecule has 2 aromatic heterocycles. The molecular formula is C23H15F3N4O7S. The summed E-state index contributed by atoms with van der Waals surface area (Å²) in [5.41, 5.74) is 0.578. The van der Waals surface area contributed by atoms with Crippen molar-refractivity contribution >= 4 is 46.0 Å². The van der Waals surface area contributed by atoms with Crippen LogP contribution in [0.1, 0.15) is 25.6 Å². The fraction of sp³-hybridized carbons (Fsp3) is 0.0870. The van der Waals surface area contributed by atoms with Crippen molar-refractivity contribution in [3.63, 3.8) is 0 Å². The van der Waals surface area contributed by atoms with E-state index in [0.717, 1.165) is 23.5 Å². The number of anilines is 1. The number of nitrogens with one attached hydrogen (secondary N) is 2. The third-order valence-corrected chi connectivity index (χ3v) is 5.84. The van der Waals surface area contributed by atoms with E-state index in [9.17, 15) is 27.6 Å². The second-order valence-corrected chi connectivity index (χ2v) is 8.17. The van der Waals surface area contributed by atoms with Gasteiger partial charge in [-0.05, 0) is 11.4 Å². The molecule has 2 heterocycles. The van der Waals surface area contributed by atoms with Crippen molar-refractivity contribution in [2.24, 2.45) is 0 Å². The number of rotatable bonds is 7. The van der Waals surface area contributed by atoms with Crippen molar-refractivity contribution in [2.75, 3.05) is 12.4 Å². The highest BCUT2D eigenvalue weighted by atomic mass is 32.1. The number of carboxylic acids is 1. The van der Waals surface area contributed by atoms with E-state index in [0.29, 0.717) is 6.07 Å². The number of methoxy groups -OCH3 is 1. The standard InChI is InChI=1S/C23H15F3N4O7S/c1-35-16-7-13(25)15(29-23(34)30-37-22(33)20-10(21(31)32)2-5-38-20)8-17(16)36-9-11-12(24)6-14(26)19-18(11)27-3-4-28-19/h2-8H,9H2,1H3,(H,31,32)(H2,29,30,34). The number of aromatic carboxylic acids is 1. The summed E-state index contributed by atoms with van der Waals surface area (Å²) in [5.74, 6) is -5.59. The van der Waals surface area contributed by atoms with Gasteiger partial charge in [-0.25, -0.2) is 32.5 Å². The maximum Gasteiger partial charge on any atom is 0.373 e. The average Bonchev–Trinajstić information content (AvgIpc) is 3.39. The molecule has 0 bridgehead atoms. The van der Waals surface area contributed by atoms with Gasteiger partial charge in [0.2, 0.25) is 0 Å². The molecule has 0 atom stereocenters.